The molecule has 0 aliphatic heterocycles. The Balaban J connectivity index is 1.43. The molecule has 2 aromatic heterocycles. The van der Waals surface area contributed by atoms with Crippen LogP contribution >= 0.6 is 46.3 Å². The zero-order chi connectivity index (χ0) is 25.8. The normalized spacial score (nSPS) is 10.8. The number of carbonyl (C=O) groups is 1. The minimum atomic E-state index is -0.222. The molecule has 9 nitrogen and oxygen atoms in total. The molecule has 36 heavy (non-hydrogen) atoms. The molecule has 2 aromatic carbocycles. The smallest absolute Gasteiger partial charge is 0.236 e. The Hall–Kier alpha value is -2.99. The molecule has 0 aliphatic rings. The predicted molar refractivity (Wildman–Crippen MR) is 143 cm³/mol. The standard InChI is InChI=1S/C23H21Cl2N5O4S2/c1-30-21(12-7-17(32-2)20(34-4)18(8-12)33-3)28-29-23(30)36-11-19(31)27-22-26-16(10-35-22)14-6-5-13(24)9-15(14)25/h5-10H,11H2,1-4H3,(H,26,27,31). The highest BCUT2D eigenvalue weighted by molar-refractivity contribution is 7.99. The fourth-order valence-electron chi connectivity index (χ4n) is 3.34. The number of anilines is 1. The van der Waals surface area contributed by atoms with Crippen molar-refractivity contribution in [3.63, 3.8) is 0 Å². The van der Waals surface area contributed by atoms with Crippen LogP contribution in [0.2, 0.25) is 10.0 Å². The Morgan fingerprint density at radius 1 is 1.08 bits per heavy atom. The number of thiazole rings is 1. The third-order valence-electron chi connectivity index (χ3n) is 5.05. The molecule has 0 bridgehead atoms. The van der Waals surface area contributed by atoms with E-state index in [2.05, 4.69) is 20.5 Å². The van der Waals surface area contributed by atoms with Gasteiger partial charge in [0.2, 0.25) is 11.7 Å². The van der Waals surface area contributed by atoms with Crippen molar-refractivity contribution in [2.75, 3.05) is 32.4 Å². The van der Waals surface area contributed by atoms with E-state index in [9.17, 15) is 4.79 Å². The van der Waals surface area contributed by atoms with E-state index in [0.717, 1.165) is 11.1 Å². The highest BCUT2D eigenvalue weighted by Gasteiger charge is 2.19. The van der Waals surface area contributed by atoms with Gasteiger partial charge in [0.1, 0.15) is 0 Å². The number of hydrogen-bond donors (Lipinski definition) is 1. The maximum Gasteiger partial charge on any atom is 0.236 e. The van der Waals surface area contributed by atoms with E-state index in [1.807, 2.05) is 12.4 Å². The molecule has 0 saturated carbocycles. The van der Waals surface area contributed by atoms with E-state index in [1.165, 1.54) is 23.1 Å². The van der Waals surface area contributed by atoms with Gasteiger partial charge >= 0.3 is 0 Å². The highest BCUT2D eigenvalue weighted by Crippen LogP contribution is 2.41. The van der Waals surface area contributed by atoms with Gasteiger partial charge in [-0.1, -0.05) is 35.0 Å². The average Bonchev–Trinajstić information content (AvgIpc) is 3.47. The molecule has 4 aromatic rings. The van der Waals surface area contributed by atoms with Crippen molar-refractivity contribution in [1.29, 1.82) is 0 Å². The van der Waals surface area contributed by atoms with Gasteiger partial charge in [0.05, 0.1) is 37.8 Å². The largest absolute Gasteiger partial charge is 0.493 e. The summed E-state index contributed by atoms with van der Waals surface area (Å²) in [5.41, 5.74) is 2.13. The molecule has 0 atom stereocenters. The fraction of sp³-hybridized carbons (Fsp3) is 0.217. The average molecular weight is 566 g/mol. The van der Waals surface area contributed by atoms with Crippen LogP contribution in [0.1, 0.15) is 0 Å². The summed E-state index contributed by atoms with van der Waals surface area (Å²) in [6.07, 6.45) is 0. The van der Waals surface area contributed by atoms with Crippen molar-refractivity contribution >= 4 is 57.3 Å². The SMILES string of the molecule is COc1cc(-c2nnc(SCC(=O)Nc3nc(-c4ccc(Cl)cc4Cl)cs3)n2C)cc(OC)c1OC. The van der Waals surface area contributed by atoms with Gasteiger partial charge < -0.3 is 24.1 Å². The van der Waals surface area contributed by atoms with E-state index < -0.39 is 0 Å². The molecule has 4 rings (SSSR count). The van der Waals surface area contributed by atoms with E-state index in [4.69, 9.17) is 37.4 Å². The molecule has 2 heterocycles. The number of halogens is 2. The van der Waals surface area contributed by atoms with E-state index in [-0.39, 0.29) is 11.7 Å². The van der Waals surface area contributed by atoms with Crippen molar-refractivity contribution < 1.29 is 19.0 Å². The van der Waals surface area contributed by atoms with Crippen molar-refractivity contribution in [3.8, 4) is 39.9 Å². The summed E-state index contributed by atoms with van der Waals surface area (Å²) in [7, 11) is 6.46. The van der Waals surface area contributed by atoms with Crippen molar-refractivity contribution in [2.45, 2.75) is 5.16 Å². The summed E-state index contributed by atoms with van der Waals surface area (Å²) < 4.78 is 18.0. The van der Waals surface area contributed by atoms with Crippen molar-refractivity contribution in [1.82, 2.24) is 19.7 Å². The molecule has 0 unspecified atom stereocenters. The summed E-state index contributed by atoms with van der Waals surface area (Å²) in [4.78, 5) is 17.0. The number of aromatic nitrogens is 4. The van der Waals surface area contributed by atoms with Gasteiger partial charge in [-0.05, 0) is 30.3 Å². The third-order valence-corrected chi connectivity index (χ3v) is 7.37. The van der Waals surface area contributed by atoms with Crippen LogP contribution < -0.4 is 19.5 Å². The minimum Gasteiger partial charge on any atom is -0.493 e. The number of rotatable bonds is 9. The summed E-state index contributed by atoms with van der Waals surface area (Å²) in [6.45, 7) is 0. The van der Waals surface area contributed by atoms with Crippen LogP contribution in [0.3, 0.4) is 0 Å². The Morgan fingerprint density at radius 3 is 2.44 bits per heavy atom. The molecular formula is C23H21Cl2N5O4S2. The molecule has 1 amide bonds. The minimum absolute atomic E-state index is 0.123. The van der Waals surface area contributed by atoms with E-state index >= 15 is 0 Å². The summed E-state index contributed by atoms with van der Waals surface area (Å²) in [5, 5.41) is 15.2. The van der Waals surface area contributed by atoms with Gasteiger partial charge in [0.15, 0.2) is 27.6 Å². The lowest BCUT2D eigenvalue weighted by Crippen LogP contribution is -2.14. The number of ether oxygens (including phenoxy) is 3. The van der Waals surface area contributed by atoms with Gasteiger partial charge in [-0.3, -0.25) is 4.79 Å². The van der Waals surface area contributed by atoms with E-state index in [1.54, 1.807) is 56.2 Å². The van der Waals surface area contributed by atoms with Gasteiger partial charge in [0.25, 0.3) is 0 Å². The second-order valence-electron chi connectivity index (χ2n) is 7.28. The van der Waals surface area contributed by atoms with Crippen LogP contribution in [0, 0.1) is 0 Å². The molecular weight excluding hydrogens is 545 g/mol. The predicted octanol–water partition coefficient (Wildman–Crippen LogP) is 5.67. The topological polar surface area (TPSA) is 100 Å². The maximum atomic E-state index is 12.6. The van der Waals surface area contributed by atoms with E-state index in [0.29, 0.717) is 49.1 Å². The quantitative estimate of drug-likeness (QED) is 0.259. The molecule has 0 radical (unpaired) electrons. The lowest BCUT2D eigenvalue weighted by molar-refractivity contribution is -0.113. The zero-order valence-corrected chi connectivity index (χ0v) is 22.8. The lowest BCUT2D eigenvalue weighted by Gasteiger charge is -2.14. The Morgan fingerprint density at radius 2 is 1.81 bits per heavy atom. The second kappa shape index (κ2) is 11.4. The first kappa shape index (κ1) is 26.1. The van der Waals surface area contributed by atoms with Crippen molar-refractivity contribution in [3.05, 3.63) is 45.8 Å². The molecule has 1 N–H and O–H groups in total. The molecule has 0 saturated heterocycles. The number of thioether (sulfide) groups is 1. The number of hydrogen-bond acceptors (Lipinski definition) is 9. The second-order valence-corrected chi connectivity index (χ2v) is 9.92. The number of benzene rings is 2. The van der Waals surface area contributed by atoms with Gasteiger partial charge in [0, 0.05) is 28.6 Å². The van der Waals surface area contributed by atoms with Crippen LogP contribution in [-0.2, 0) is 11.8 Å². The van der Waals surface area contributed by atoms with Crippen LogP contribution in [0.25, 0.3) is 22.6 Å². The Labute approximate surface area is 225 Å². The number of nitrogens with zero attached hydrogens (tertiary/aromatic N) is 4. The first-order valence-corrected chi connectivity index (χ1v) is 13.0. The monoisotopic (exact) mass is 565 g/mol. The maximum absolute atomic E-state index is 12.6. The fourth-order valence-corrected chi connectivity index (χ4v) is 5.28. The van der Waals surface area contributed by atoms with Crippen LogP contribution in [0.15, 0.2) is 40.9 Å². The Kier molecular flexibility index (Phi) is 8.24. The summed E-state index contributed by atoms with van der Waals surface area (Å²) >= 11 is 14.8. The van der Waals surface area contributed by atoms with Gasteiger partial charge in [-0.2, -0.15) is 0 Å². The number of amides is 1. The first-order chi connectivity index (χ1) is 17.3. The number of carbonyl (C=O) groups excluding carboxylic acids is 1. The Bertz CT molecular complexity index is 1380. The zero-order valence-electron chi connectivity index (χ0n) is 19.7. The molecule has 0 aliphatic carbocycles. The van der Waals surface area contributed by atoms with Crippen LogP contribution in [0.4, 0.5) is 5.13 Å². The summed E-state index contributed by atoms with van der Waals surface area (Å²) in [5.74, 6) is 1.98. The van der Waals surface area contributed by atoms with Crippen molar-refractivity contribution in [2.24, 2.45) is 7.05 Å². The first-order valence-electron chi connectivity index (χ1n) is 10.4. The highest BCUT2D eigenvalue weighted by atomic mass is 35.5. The van der Waals surface area contributed by atoms with Crippen LogP contribution in [-0.4, -0.2) is 52.7 Å². The molecule has 13 heteroatoms. The molecule has 0 spiro atoms. The third kappa shape index (κ3) is 5.54. The van der Waals surface area contributed by atoms with Gasteiger partial charge in [-0.25, -0.2) is 4.98 Å². The lowest BCUT2D eigenvalue weighted by atomic mass is 10.1. The number of methoxy groups -OCH3 is 3. The molecule has 0 fully saturated rings. The molecule has 188 valence electrons. The van der Waals surface area contributed by atoms with Crippen LogP contribution in [0.5, 0.6) is 17.2 Å². The summed E-state index contributed by atoms with van der Waals surface area (Å²) in [6, 6.07) is 8.77. The number of nitrogens with one attached hydrogen (secondary N) is 1. The van der Waals surface area contributed by atoms with Gasteiger partial charge in [-0.15, -0.1) is 21.5 Å².